The van der Waals surface area contributed by atoms with Gasteiger partial charge in [-0.2, -0.15) is 0 Å². The maximum Gasteiger partial charge on any atom is 0.278 e. The van der Waals surface area contributed by atoms with Gasteiger partial charge < -0.3 is 5.73 Å². The molecule has 0 aliphatic heterocycles. The molecule has 4 nitrogen and oxygen atoms in total. The molecular formula is C7H7ClF2N2O2S. The maximum atomic E-state index is 12.4. The second kappa shape index (κ2) is 4.38. The van der Waals surface area contributed by atoms with Crippen molar-refractivity contribution >= 4 is 19.7 Å². The van der Waals surface area contributed by atoms with E-state index in [0.717, 1.165) is 12.3 Å². The summed E-state index contributed by atoms with van der Waals surface area (Å²) in [5.74, 6) is 0. The monoisotopic (exact) mass is 256 g/mol. The quantitative estimate of drug-likeness (QED) is 0.830. The first-order chi connectivity index (χ1) is 6.86. The average Bonchev–Trinajstić information content (AvgIpc) is 2.15. The molecule has 2 N–H and O–H groups in total. The van der Waals surface area contributed by atoms with E-state index < -0.39 is 20.5 Å². The van der Waals surface area contributed by atoms with Crippen molar-refractivity contribution in [3.05, 3.63) is 23.4 Å². The first-order valence-corrected chi connectivity index (χ1v) is 6.09. The van der Waals surface area contributed by atoms with Gasteiger partial charge in [0.2, 0.25) is 0 Å². The Morgan fingerprint density at radius 1 is 1.53 bits per heavy atom. The van der Waals surface area contributed by atoms with Crippen LogP contribution < -0.4 is 5.73 Å². The normalized spacial score (nSPS) is 12.1. The Morgan fingerprint density at radius 3 is 2.53 bits per heavy atom. The zero-order valence-electron chi connectivity index (χ0n) is 7.32. The highest BCUT2D eigenvalue weighted by molar-refractivity contribution is 8.13. The van der Waals surface area contributed by atoms with Crippen LogP contribution in [0.2, 0.25) is 0 Å². The van der Waals surface area contributed by atoms with Gasteiger partial charge in [-0.25, -0.2) is 22.2 Å². The summed E-state index contributed by atoms with van der Waals surface area (Å²) in [6.07, 6.45) is -1.98. The van der Waals surface area contributed by atoms with E-state index in [1.54, 1.807) is 0 Å². The van der Waals surface area contributed by atoms with Crippen molar-refractivity contribution in [1.29, 1.82) is 0 Å². The fraction of sp³-hybridized carbons (Fsp3) is 0.286. The third kappa shape index (κ3) is 2.83. The topological polar surface area (TPSA) is 73.1 Å². The molecule has 1 aromatic heterocycles. The van der Waals surface area contributed by atoms with Crippen LogP contribution in [0.25, 0.3) is 0 Å². The number of nitrogens with two attached hydrogens (primary N) is 1. The molecule has 0 unspecified atom stereocenters. The fourth-order valence-electron chi connectivity index (χ4n) is 0.992. The van der Waals surface area contributed by atoms with E-state index in [-0.39, 0.29) is 17.7 Å². The van der Waals surface area contributed by atoms with Gasteiger partial charge in [-0.05, 0) is 11.6 Å². The Labute approximate surface area is 89.5 Å². The molecule has 0 amide bonds. The van der Waals surface area contributed by atoms with Gasteiger partial charge in [-0.3, -0.25) is 0 Å². The third-order valence-corrected chi connectivity index (χ3v) is 2.90. The van der Waals surface area contributed by atoms with Crippen LogP contribution in [-0.4, -0.2) is 13.4 Å². The van der Waals surface area contributed by atoms with Crippen molar-refractivity contribution in [1.82, 2.24) is 4.98 Å². The lowest BCUT2D eigenvalue weighted by Crippen LogP contribution is -2.06. The van der Waals surface area contributed by atoms with Gasteiger partial charge in [-0.15, -0.1) is 0 Å². The van der Waals surface area contributed by atoms with Crippen LogP contribution in [0.3, 0.4) is 0 Å². The van der Waals surface area contributed by atoms with Gasteiger partial charge in [0.25, 0.3) is 15.5 Å². The zero-order valence-corrected chi connectivity index (χ0v) is 8.89. The minimum absolute atomic E-state index is 0.0132. The summed E-state index contributed by atoms with van der Waals surface area (Å²) in [6, 6.07) is 0.948. The first kappa shape index (κ1) is 12.3. The molecule has 15 heavy (non-hydrogen) atoms. The zero-order chi connectivity index (χ0) is 11.6. The van der Waals surface area contributed by atoms with Gasteiger partial charge in [0, 0.05) is 29.0 Å². The van der Waals surface area contributed by atoms with Crippen LogP contribution in [0.15, 0.2) is 17.3 Å². The molecule has 0 saturated heterocycles. The summed E-state index contributed by atoms with van der Waals surface area (Å²) in [6.45, 7) is -0.207. The van der Waals surface area contributed by atoms with Gasteiger partial charge in [0.1, 0.15) is 0 Å². The molecule has 8 heteroatoms. The van der Waals surface area contributed by atoms with Crippen molar-refractivity contribution in [2.45, 2.75) is 18.0 Å². The molecule has 0 spiro atoms. The summed E-state index contributed by atoms with van der Waals surface area (Å²) >= 11 is 0. The van der Waals surface area contributed by atoms with Crippen LogP contribution in [0.1, 0.15) is 17.6 Å². The molecule has 0 radical (unpaired) electrons. The van der Waals surface area contributed by atoms with E-state index in [1.165, 1.54) is 0 Å². The summed E-state index contributed by atoms with van der Waals surface area (Å²) in [4.78, 5) is 3.32. The first-order valence-electron chi connectivity index (χ1n) is 3.78. The molecule has 0 aliphatic carbocycles. The van der Waals surface area contributed by atoms with Gasteiger partial charge in [-0.1, -0.05) is 0 Å². The second-order valence-electron chi connectivity index (χ2n) is 2.66. The van der Waals surface area contributed by atoms with Crippen LogP contribution >= 0.6 is 10.7 Å². The van der Waals surface area contributed by atoms with E-state index >= 15 is 0 Å². The molecule has 0 aliphatic rings. The molecule has 0 saturated carbocycles. The molecule has 0 atom stereocenters. The number of nitrogens with zero attached hydrogens (tertiary/aromatic N) is 1. The number of halogens is 3. The Bertz CT molecular complexity index is 464. The number of hydrogen-bond donors (Lipinski definition) is 1. The molecule has 84 valence electrons. The smallest absolute Gasteiger partial charge is 0.278 e. The third-order valence-electron chi connectivity index (χ3n) is 1.70. The standard InChI is InChI=1S/C7H7ClF2N2O2S/c8-15(13,14)6-1-4(2-11)5(3-12-6)7(9)10/h1,3,7H,2,11H2. The molecule has 1 heterocycles. The molecule has 1 rings (SSSR count). The number of alkyl halides is 2. The predicted molar refractivity (Wildman–Crippen MR) is 50.1 cm³/mol. The fourth-order valence-corrected chi connectivity index (χ4v) is 1.71. The van der Waals surface area contributed by atoms with Crippen molar-refractivity contribution in [3.63, 3.8) is 0 Å². The summed E-state index contributed by atoms with van der Waals surface area (Å²) in [5, 5.41) is -0.478. The van der Waals surface area contributed by atoms with Crippen molar-refractivity contribution < 1.29 is 17.2 Å². The molecule has 0 bridgehead atoms. The highest BCUT2D eigenvalue weighted by Crippen LogP contribution is 2.24. The Hall–Kier alpha value is -0.790. The van der Waals surface area contributed by atoms with E-state index in [0.29, 0.717) is 0 Å². The highest BCUT2D eigenvalue weighted by atomic mass is 35.7. The summed E-state index contributed by atoms with van der Waals surface area (Å²) in [5.41, 5.74) is 4.83. The molecule has 1 aromatic rings. The summed E-state index contributed by atoms with van der Waals surface area (Å²) < 4.78 is 46.4. The van der Waals surface area contributed by atoms with E-state index in [1.807, 2.05) is 0 Å². The number of rotatable bonds is 3. The van der Waals surface area contributed by atoms with E-state index in [4.69, 9.17) is 16.4 Å². The minimum Gasteiger partial charge on any atom is -0.326 e. The average molecular weight is 257 g/mol. The minimum atomic E-state index is -4.02. The summed E-state index contributed by atoms with van der Waals surface area (Å²) in [7, 11) is 0.984. The molecule has 0 fully saturated rings. The largest absolute Gasteiger partial charge is 0.326 e. The van der Waals surface area contributed by atoms with Crippen molar-refractivity contribution in [2.24, 2.45) is 5.73 Å². The van der Waals surface area contributed by atoms with Crippen molar-refractivity contribution in [2.75, 3.05) is 0 Å². The second-order valence-corrected chi connectivity index (χ2v) is 5.18. The van der Waals surface area contributed by atoms with Crippen LogP contribution in [0.5, 0.6) is 0 Å². The van der Waals surface area contributed by atoms with Crippen LogP contribution in [0, 0.1) is 0 Å². The lowest BCUT2D eigenvalue weighted by molar-refractivity contribution is 0.149. The number of hydrogen-bond acceptors (Lipinski definition) is 4. The van der Waals surface area contributed by atoms with Crippen LogP contribution in [0.4, 0.5) is 8.78 Å². The SMILES string of the molecule is NCc1cc(S(=O)(=O)Cl)ncc1C(F)F. The Balaban J connectivity index is 3.32. The lowest BCUT2D eigenvalue weighted by atomic mass is 10.1. The van der Waals surface area contributed by atoms with Crippen LogP contribution in [-0.2, 0) is 15.6 Å². The Morgan fingerprint density at radius 2 is 2.13 bits per heavy atom. The predicted octanol–water partition coefficient (Wildman–Crippen LogP) is 1.41. The highest BCUT2D eigenvalue weighted by Gasteiger charge is 2.18. The molecule has 0 aromatic carbocycles. The van der Waals surface area contributed by atoms with Gasteiger partial charge >= 0.3 is 0 Å². The Kier molecular flexibility index (Phi) is 3.58. The van der Waals surface area contributed by atoms with E-state index in [9.17, 15) is 17.2 Å². The van der Waals surface area contributed by atoms with Gasteiger partial charge in [0.15, 0.2) is 5.03 Å². The van der Waals surface area contributed by atoms with Crippen molar-refractivity contribution in [3.8, 4) is 0 Å². The van der Waals surface area contributed by atoms with Gasteiger partial charge in [0.05, 0.1) is 0 Å². The molecular weight excluding hydrogens is 250 g/mol. The lowest BCUT2D eigenvalue weighted by Gasteiger charge is -2.06. The van der Waals surface area contributed by atoms with E-state index in [2.05, 4.69) is 4.98 Å². The number of aromatic nitrogens is 1. The number of pyridine rings is 1. The maximum absolute atomic E-state index is 12.4.